The fourth-order valence-electron chi connectivity index (χ4n) is 3.24. The van der Waals surface area contributed by atoms with Gasteiger partial charge in [0.2, 0.25) is 6.79 Å². The van der Waals surface area contributed by atoms with Gasteiger partial charge in [0.05, 0.1) is 19.3 Å². The van der Waals surface area contributed by atoms with E-state index >= 15 is 0 Å². The zero-order valence-electron chi connectivity index (χ0n) is 21.2. The molecule has 2 aliphatic rings. The van der Waals surface area contributed by atoms with Gasteiger partial charge in [0.25, 0.3) is 0 Å². The van der Waals surface area contributed by atoms with E-state index in [0.29, 0.717) is 13.4 Å². The maximum absolute atomic E-state index is 10.6. The third-order valence-electron chi connectivity index (χ3n) is 5.37. The second-order valence-electron chi connectivity index (χ2n) is 8.14. The molecule has 1 aromatic heterocycles. The minimum absolute atomic E-state index is 0.0411. The second kappa shape index (κ2) is 14.0. The summed E-state index contributed by atoms with van der Waals surface area (Å²) >= 11 is 0. The van der Waals surface area contributed by atoms with Crippen LogP contribution < -0.4 is 14.4 Å². The van der Waals surface area contributed by atoms with Crippen molar-refractivity contribution in [3.8, 4) is 11.5 Å². The number of halogens is 6. The number of fused-ring (bicyclic) bond motifs is 1. The Morgan fingerprint density at radius 2 is 1.65 bits per heavy atom. The molecule has 1 fully saturated rings. The maximum Gasteiger partial charge on any atom is 0.490 e. The molecule has 17 heteroatoms. The van der Waals surface area contributed by atoms with Crippen molar-refractivity contribution < 1.29 is 60.4 Å². The molecule has 0 spiro atoms. The van der Waals surface area contributed by atoms with E-state index in [1.165, 1.54) is 5.56 Å². The number of benzene rings is 1. The van der Waals surface area contributed by atoms with Crippen molar-refractivity contribution in [2.45, 2.75) is 31.9 Å². The largest absolute Gasteiger partial charge is 0.490 e. The third-order valence-corrected chi connectivity index (χ3v) is 5.37. The van der Waals surface area contributed by atoms with Gasteiger partial charge in [-0.25, -0.2) is 19.6 Å². The molecule has 1 saturated heterocycles. The number of hydrogen-bond donors (Lipinski definition) is 2. The minimum Gasteiger partial charge on any atom is -0.475 e. The van der Waals surface area contributed by atoms with E-state index in [1.807, 2.05) is 25.4 Å². The number of hydrogen-bond acceptors (Lipinski definition) is 9. The van der Waals surface area contributed by atoms with Crippen molar-refractivity contribution in [3.05, 3.63) is 41.9 Å². The molecule has 1 unspecified atom stereocenters. The molecular weight excluding hydrogens is 558 g/mol. The number of aliphatic carboxylic acids is 2. The smallest absolute Gasteiger partial charge is 0.475 e. The van der Waals surface area contributed by atoms with Crippen LogP contribution in [-0.2, 0) is 20.9 Å². The Balaban J connectivity index is 0.000000333. The molecule has 1 aromatic carbocycles. The summed E-state index contributed by atoms with van der Waals surface area (Å²) in [5.74, 6) is -2.14. The van der Waals surface area contributed by atoms with Crippen molar-refractivity contribution in [1.29, 1.82) is 0 Å². The molecule has 0 aliphatic carbocycles. The van der Waals surface area contributed by atoms with Gasteiger partial charge >= 0.3 is 24.3 Å². The maximum atomic E-state index is 10.6. The number of carboxylic acids is 2. The molecule has 40 heavy (non-hydrogen) atoms. The summed E-state index contributed by atoms with van der Waals surface area (Å²) in [6, 6.07) is 8.10. The van der Waals surface area contributed by atoms with Crippen molar-refractivity contribution in [1.82, 2.24) is 14.9 Å². The number of rotatable bonds is 5. The summed E-state index contributed by atoms with van der Waals surface area (Å²) in [6.45, 7) is 6.26. The van der Waals surface area contributed by atoms with Crippen LogP contribution in [0, 0.1) is 0 Å². The van der Waals surface area contributed by atoms with Crippen LogP contribution in [0.2, 0.25) is 0 Å². The summed E-state index contributed by atoms with van der Waals surface area (Å²) in [6.07, 6.45) is -8.34. The average molecular weight is 584 g/mol. The van der Waals surface area contributed by atoms with E-state index in [4.69, 9.17) is 39.0 Å². The summed E-state index contributed by atoms with van der Waals surface area (Å²) in [7, 11) is 2.04. The summed E-state index contributed by atoms with van der Waals surface area (Å²) in [5, 5.41) is 14.2. The summed E-state index contributed by atoms with van der Waals surface area (Å²) in [4.78, 5) is 31.6. The van der Waals surface area contributed by atoms with E-state index in [2.05, 4.69) is 33.8 Å². The molecule has 2 N–H and O–H groups in total. The highest BCUT2D eigenvalue weighted by molar-refractivity contribution is 5.73. The molecule has 0 bridgehead atoms. The minimum atomic E-state index is -5.08. The highest BCUT2D eigenvalue weighted by atomic mass is 19.4. The van der Waals surface area contributed by atoms with Crippen molar-refractivity contribution in [3.63, 3.8) is 0 Å². The zero-order chi connectivity index (χ0) is 30.1. The highest BCUT2D eigenvalue weighted by Crippen LogP contribution is 2.34. The van der Waals surface area contributed by atoms with Crippen LogP contribution in [0.4, 0.5) is 32.2 Å². The lowest BCUT2D eigenvalue weighted by atomic mass is 10.1. The Morgan fingerprint density at radius 3 is 2.23 bits per heavy atom. The molecule has 0 amide bonds. The normalized spacial score (nSPS) is 16.6. The van der Waals surface area contributed by atoms with Gasteiger partial charge in [-0.2, -0.15) is 26.3 Å². The first kappa shape index (κ1) is 32.4. The zero-order valence-corrected chi connectivity index (χ0v) is 21.2. The summed E-state index contributed by atoms with van der Waals surface area (Å²) in [5.41, 5.74) is 1.18. The lowest BCUT2D eigenvalue weighted by Crippen LogP contribution is -2.40. The number of alkyl halides is 6. The first-order chi connectivity index (χ1) is 18.6. The van der Waals surface area contributed by atoms with Crippen LogP contribution in [0.15, 0.2) is 30.5 Å². The van der Waals surface area contributed by atoms with Crippen molar-refractivity contribution >= 4 is 17.8 Å². The van der Waals surface area contributed by atoms with Crippen LogP contribution in [0.5, 0.6) is 11.5 Å². The molecule has 0 saturated carbocycles. The third kappa shape index (κ3) is 9.71. The van der Waals surface area contributed by atoms with E-state index in [9.17, 15) is 26.3 Å². The van der Waals surface area contributed by atoms with E-state index in [0.717, 1.165) is 49.4 Å². The van der Waals surface area contributed by atoms with Gasteiger partial charge in [0, 0.05) is 32.9 Å². The number of aromatic nitrogens is 2. The topological polar surface area (TPSA) is 135 Å². The van der Waals surface area contributed by atoms with Crippen LogP contribution >= 0.6 is 0 Å². The van der Waals surface area contributed by atoms with Crippen molar-refractivity contribution in [2.24, 2.45) is 0 Å². The highest BCUT2D eigenvalue weighted by Gasteiger charge is 2.39. The fraction of sp³-hybridized carbons (Fsp3) is 0.478. The van der Waals surface area contributed by atoms with E-state index in [-0.39, 0.29) is 6.04 Å². The quantitative estimate of drug-likeness (QED) is 0.500. The predicted molar refractivity (Wildman–Crippen MR) is 125 cm³/mol. The second-order valence-corrected chi connectivity index (χ2v) is 8.14. The van der Waals surface area contributed by atoms with Gasteiger partial charge in [-0.05, 0) is 30.7 Å². The Morgan fingerprint density at radius 1 is 1.05 bits per heavy atom. The fourth-order valence-corrected chi connectivity index (χ4v) is 3.24. The van der Waals surface area contributed by atoms with E-state index < -0.39 is 24.3 Å². The number of carbonyl (C=O) groups is 2. The molecule has 1 atom stereocenters. The monoisotopic (exact) mass is 584 g/mol. The van der Waals surface area contributed by atoms with Crippen molar-refractivity contribution in [2.75, 3.05) is 45.0 Å². The first-order valence-corrected chi connectivity index (χ1v) is 11.5. The molecule has 222 valence electrons. The number of carboxylic acid groups (broad SMARTS) is 2. The molecule has 3 heterocycles. The predicted octanol–water partition coefficient (Wildman–Crippen LogP) is 3.50. The van der Waals surface area contributed by atoms with Gasteiger partial charge in [-0.15, -0.1) is 0 Å². The van der Waals surface area contributed by atoms with Crippen LogP contribution in [-0.4, -0.2) is 89.5 Å². The molecule has 2 aliphatic heterocycles. The Labute approximate surface area is 223 Å². The molecular formula is C23H26F6N4O7. The Kier molecular flexibility index (Phi) is 11.3. The molecule has 0 radical (unpaired) electrons. The van der Waals surface area contributed by atoms with Crippen LogP contribution in [0.25, 0.3) is 0 Å². The Bertz CT molecular complexity index is 1130. The average Bonchev–Trinajstić information content (AvgIpc) is 3.36. The number of morpholine rings is 1. The van der Waals surface area contributed by atoms with Gasteiger partial charge in [-0.3, -0.25) is 4.90 Å². The van der Waals surface area contributed by atoms with Gasteiger partial charge in [-0.1, -0.05) is 6.07 Å². The lowest BCUT2D eigenvalue weighted by Gasteiger charge is -2.34. The van der Waals surface area contributed by atoms with Crippen LogP contribution in [0.1, 0.15) is 24.4 Å². The first-order valence-electron chi connectivity index (χ1n) is 11.5. The number of ether oxygens (including phenoxy) is 3. The number of anilines is 1. The standard InChI is InChI=1S/C19H24N4O3.2C2HF3O2/c1-3-22(2)18-6-7-20-19(21-18)15-12-24-9-8-23(15)11-14-4-5-16-17(10-14)26-13-25-16;2*3-2(4,5)1(6)7/h4-7,10,15H,3,8-9,11-13H2,1-2H3;2*(H,6,7). The molecule has 2 aromatic rings. The molecule has 11 nitrogen and oxygen atoms in total. The van der Waals surface area contributed by atoms with Gasteiger partial charge in [0.15, 0.2) is 11.5 Å². The summed E-state index contributed by atoms with van der Waals surface area (Å²) < 4.78 is 80.1. The van der Waals surface area contributed by atoms with Crippen LogP contribution in [0.3, 0.4) is 0 Å². The number of nitrogens with zero attached hydrogens (tertiary/aromatic N) is 4. The SMILES string of the molecule is CCN(C)c1ccnc(C2COCCN2Cc2ccc3c(c2)OCO3)n1.O=C(O)C(F)(F)F.O=C(O)C(F)(F)F. The van der Waals surface area contributed by atoms with Gasteiger partial charge < -0.3 is 29.3 Å². The Hall–Kier alpha value is -3.86. The molecule has 4 rings (SSSR count). The lowest BCUT2D eigenvalue weighted by molar-refractivity contribution is -0.193. The van der Waals surface area contributed by atoms with E-state index in [1.54, 1.807) is 0 Å². The van der Waals surface area contributed by atoms with Gasteiger partial charge in [0.1, 0.15) is 11.6 Å².